The van der Waals surface area contributed by atoms with E-state index in [0.29, 0.717) is 5.56 Å². The number of rotatable bonds is 5. The van der Waals surface area contributed by atoms with Crippen LogP contribution >= 0.6 is 0 Å². The molecule has 1 aromatic rings. The largest absolute Gasteiger partial charge is 0.497 e. The smallest absolute Gasteiger partial charge is 0.253 e. The van der Waals surface area contributed by atoms with E-state index in [0.717, 1.165) is 18.8 Å². The molecule has 0 saturated carbocycles. The highest BCUT2D eigenvalue weighted by molar-refractivity contribution is 5.94. The van der Waals surface area contributed by atoms with Crippen molar-refractivity contribution in [2.75, 3.05) is 41.3 Å². The maximum absolute atomic E-state index is 12.0. The summed E-state index contributed by atoms with van der Waals surface area (Å²) in [6.45, 7) is 1.58. The molecule has 1 aromatic carbocycles. The summed E-state index contributed by atoms with van der Waals surface area (Å²) in [5.41, 5.74) is 0.687. The average molecular weight is 236 g/mol. The van der Waals surface area contributed by atoms with Crippen molar-refractivity contribution in [3.05, 3.63) is 29.8 Å². The SMILES string of the molecule is COc1ccc(C(=O)N(C)CCN(C)C)cc1. The molecule has 0 spiro atoms. The fraction of sp³-hybridized carbons (Fsp3) is 0.462. The number of amides is 1. The van der Waals surface area contributed by atoms with Crippen molar-refractivity contribution in [2.45, 2.75) is 0 Å². The minimum absolute atomic E-state index is 0.0366. The van der Waals surface area contributed by atoms with Crippen LogP contribution in [0.4, 0.5) is 0 Å². The van der Waals surface area contributed by atoms with E-state index in [1.807, 2.05) is 21.1 Å². The molecule has 0 bridgehead atoms. The van der Waals surface area contributed by atoms with E-state index in [2.05, 4.69) is 4.90 Å². The summed E-state index contributed by atoms with van der Waals surface area (Å²) in [5, 5.41) is 0. The van der Waals surface area contributed by atoms with Crippen LogP contribution in [0.15, 0.2) is 24.3 Å². The molecular formula is C13H20N2O2. The van der Waals surface area contributed by atoms with Crippen LogP contribution in [0.1, 0.15) is 10.4 Å². The Hall–Kier alpha value is -1.55. The van der Waals surface area contributed by atoms with Crippen molar-refractivity contribution < 1.29 is 9.53 Å². The lowest BCUT2D eigenvalue weighted by atomic mass is 10.2. The lowest BCUT2D eigenvalue weighted by Gasteiger charge is -2.19. The molecule has 0 heterocycles. The lowest BCUT2D eigenvalue weighted by Crippen LogP contribution is -2.33. The van der Waals surface area contributed by atoms with Gasteiger partial charge < -0.3 is 14.5 Å². The standard InChI is InChI=1S/C13H20N2O2/c1-14(2)9-10-15(3)13(16)11-5-7-12(17-4)8-6-11/h5-8H,9-10H2,1-4H3. The van der Waals surface area contributed by atoms with Crippen LogP contribution in [0, 0.1) is 0 Å². The van der Waals surface area contributed by atoms with E-state index in [4.69, 9.17) is 4.74 Å². The van der Waals surface area contributed by atoms with Crippen molar-refractivity contribution in [1.29, 1.82) is 0 Å². The van der Waals surface area contributed by atoms with Gasteiger partial charge in [-0.15, -0.1) is 0 Å². The molecule has 0 N–H and O–H groups in total. The van der Waals surface area contributed by atoms with Crippen molar-refractivity contribution in [3.8, 4) is 5.75 Å². The molecule has 1 amide bonds. The summed E-state index contributed by atoms with van der Waals surface area (Å²) in [4.78, 5) is 15.8. The van der Waals surface area contributed by atoms with Gasteiger partial charge in [-0.2, -0.15) is 0 Å². The van der Waals surface area contributed by atoms with Gasteiger partial charge in [0.15, 0.2) is 0 Å². The zero-order chi connectivity index (χ0) is 12.8. The summed E-state index contributed by atoms with van der Waals surface area (Å²) in [6.07, 6.45) is 0. The van der Waals surface area contributed by atoms with Gasteiger partial charge in [-0.05, 0) is 38.4 Å². The second-order valence-corrected chi connectivity index (χ2v) is 4.26. The number of methoxy groups -OCH3 is 1. The molecule has 94 valence electrons. The Morgan fingerprint density at radius 3 is 2.18 bits per heavy atom. The van der Waals surface area contributed by atoms with E-state index in [1.54, 1.807) is 36.3 Å². The van der Waals surface area contributed by atoms with Gasteiger partial charge in [0, 0.05) is 25.7 Å². The van der Waals surface area contributed by atoms with Crippen LogP contribution in [0.2, 0.25) is 0 Å². The Bertz CT molecular complexity index is 360. The topological polar surface area (TPSA) is 32.8 Å². The highest BCUT2D eigenvalue weighted by Gasteiger charge is 2.11. The molecule has 1 rings (SSSR count). The van der Waals surface area contributed by atoms with Crippen LogP contribution in [-0.2, 0) is 0 Å². The fourth-order valence-electron chi connectivity index (χ4n) is 1.41. The molecule has 0 aliphatic rings. The van der Waals surface area contributed by atoms with Gasteiger partial charge >= 0.3 is 0 Å². The molecule has 4 heteroatoms. The first-order valence-corrected chi connectivity index (χ1v) is 5.59. The third kappa shape index (κ3) is 4.07. The van der Waals surface area contributed by atoms with Crippen LogP contribution in [0.5, 0.6) is 5.75 Å². The lowest BCUT2D eigenvalue weighted by molar-refractivity contribution is 0.0786. The zero-order valence-electron chi connectivity index (χ0n) is 10.9. The molecule has 0 aliphatic heterocycles. The number of ether oxygens (including phenoxy) is 1. The van der Waals surface area contributed by atoms with E-state index < -0.39 is 0 Å². The fourth-order valence-corrected chi connectivity index (χ4v) is 1.41. The summed E-state index contributed by atoms with van der Waals surface area (Å²) >= 11 is 0. The van der Waals surface area contributed by atoms with Gasteiger partial charge in [-0.1, -0.05) is 0 Å². The predicted molar refractivity (Wildman–Crippen MR) is 68.5 cm³/mol. The number of nitrogens with zero attached hydrogens (tertiary/aromatic N) is 2. The Labute approximate surface area is 103 Å². The first-order chi connectivity index (χ1) is 8.04. The highest BCUT2D eigenvalue weighted by Crippen LogP contribution is 2.12. The summed E-state index contributed by atoms with van der Waals surface area (Å²) < 4.78 is 5.06. The summed E-state index contributed by atoms with van der Waals surface area (Å²) in [6, 6.07) is 7.17. The number of hydrogen-bond acceptors (Lipinski definition) is 3. The van der Waals surface area contributed by atoms with E-state index in [1.165, 1.54) is 0 Å². The van der Waals surface area contributed by atoms with E-state index >= 15 is 0 Å². The number of hydrogen-bond donors (Lipinski definition) is 0. The minimum Gasteiger partial charge on any atom is -0.497 e. The first kappa shape index (κ1) is 13.5. The van der Waals surface area contributed by atoms with Gasteiger partial charge in [0.05, 0.1) is 7.11 Å². The summed E-state index contributed by atoms with van der Waals surface area (Å²) in [5.74, 6) is 0.798. The predicted octanol–water partition coefficient (Wildman–Crippen LogP) is 1.33. The normalized spacial score (nSPS) is 10.4. The van der Waals surface area contributed by atoms with Crippen molar-refractivity contribution in [1.82, 2.24) is 9.80 Å². The van der Waals surface area contributed by atoms with Gasteiger partial charge in [0.1, 0.15) is 5.75 Å². The van der Waals surface area contributed by atoms with Crippen LogP contribution in [0.3, 0.4) is 0 Å². The molecule has 0 aliphatic carbocycles. The average Bonchev–Trinajstić information content (AvgIpc) is 2.35. The van der Waals surface area contributed by atoms with Crippen LogP contribution < -0.4 is 4.74 Å². The quantitative estimate of drug-likeness (QED) is 0.773. The number of likely N-dealkylation sites (N-methyl/N-ethyl adjacent to an activating group) is 2. The molecule has 0 saturated heterocycles. The maximum Gasteiger partial charge on any atom is 0.253 e. The third-order valence-electron chi connectivity index (χ3n) is 2.57. The molecule has 17 heavy (non-hydrogen) atoms. The zero-order valence-corrected chi connectivity index (χ0v) is 10.9. The molecule has 0 unspecified atom stereocenters. The first-order valence-electron chi connectivity index (χ1n) is 5.59. The Kier molecular flexibility index (Phi) is 4.97. The molecule has 0 atom stereocenters. The third-order valence-corrected chi connectivity index (χ3v) is 2.57. The van der Waals surface area contributed by atoms with E-state index in [-0.39, 0.29) is 5.91 Å². The second kappa shape index (κ2) is 6.25. The molecule has 0 aromatic heterocycles. The number of carbonyl (C=O) groups is 1. The van der Waals surface area contributed by atoms with Crippen molar-refractivity contribution >= 4 is 5.91 Å². The Morgan fingerprint density at radius 2 is 1.71 bits per heavy atom. The van der Waals surface area contributed by atoms with Gasteiger partial charge in [-0.3, -0.25) is 4.79 Å². The van der Waals surface area contributed by atoms with Crippen molar-refractivity contribution in [2.24, 2.45) is 0 Å². The number of carbonyl (C=O) groups excluding carboxylic acids is 1. The summed E-state index contributed by atoms with van der Waals surface area (Å²) in [7, 11) is 7.41. The van der Waals surface area contributed by atoms with Gasteiger partial charge in [0.2, 0.25) is 0 Å². The maximum atomic E-state index is 12.0. The van der Waals surface area contributed by atoms with Gasteiger partial charge in [0.25, 0.3) is 5.91 Å². The Morgan fingerprint density at radius 1 is 1.12 bits per heavy atom. The van der Waals surface area contributed by atoms with Gasteiger partial charge in [-0.25, -0.2) is 0 Å². The Balaban J connectivity index is 2.61. The highest BCUT2D eigenvalue weighted by atomic mass is 16.5. The van der Waals surface area contributed by atoms with E-state index in [9.17, 15) is 4.79 Å². The molecule has 0 fully saturated rings. The molecule has 4 nitrogen and oxygen atoms in total. The molecule has 0 radical (unpaired) electrons. The molecular weight excluding hydrogens is 216 g/mol. The number of benzene rings is 1. The van der Waals surface area contributed by atoms with Crippen LogP contribution in [0.25, 0.3) is 0 Å². The van der Waals surface area contributed by atoms with Crippen molar-refractivity contribution in [3.63, 3.8) is 0 Å². The monoisotopic (exact) mass is 236 g/mol. The minimum atomic E-state index is 0.0366. The van der Waals surface area contributed by atoms with Crippen LogP contribution in [-0.4, -0.2) is 57.0 Å². The second-order valence-electron chi connectivity index (χ2n) is 4.26.